The molecule has 0 N–H and O–H groups in total. The van der Waals surface area contributed by atoms with E-state index in [0.29, 0.717) is 0 Å². The molecule has 2 heteroatoms. The van der Waals surface area contributed by atoms with Crippen LogP contribution in [0, 0.1) is 0 Å². The van der Waals surface area contributed by atoms with Gasteiger partial charge in [0, 0.05) is 38.9 Å². The van der Waals surface area contributed by atoms with Crippen LogP contribution in [0.3, 0.4) is 0 Å². The summed E-state index contributed by atoms with van der Waals surface area (Å²) in [6.45, 7) is 11.1. The molecule has 0 aliphatic heterocycles. The van der Waals surface area contributed by atoms with E-state index >= 15 is 0 Å². The molecule has 0 fully saturated rings. The predicted octanol–water partition coefficient (Wildman–Crippen LogP) is 15.5. The number of aromatic nitrogens is 1. The van der Waals surface area contributed by atoms with Gasteiger partial charge in [-0.15, -0.1) is 0 Å². The molecule has 10 rings (SSSR count). The number of allylic oxidation sites excluding steroid dienone is 3. The normalized spacial score (nSPS) is 13.2. The van der Waals surface area contributed by atoms with Crippen molar-refractivity contribution in [1.29, 1.82) is 0 Å². The molecule has 0 bridgehead atoms. The highest BCUT2D eigenvalue weighted by atomic mass is 15.1. The Morgan fingerprint density at radius 2 is 1.00 bits per heavy atom. The zero-order chi connectivity index (χ0) is 39.4. The van der Waals surface area contributed by atoms with Crippen molar-refractivity contribution in [2.75, 3.05) is 4.90 Å². The van der Waals surface area contributed by atoms with Crippen LogP contribution >= 0.6 is 0 Å². The van der Waals surface area contributed by atoms with Crippen LogP contribution in [0.5, 0.6) is 0 Å². The Labute approximate surface area is 341 Å². The van der Waals surface area contributed by atoms with Gasteiger partial charge in [-0.2, -0.15) is 0 Å². The standard InChI is InChI=1S/C56H44N2/c1-5-52-38(2)50-36-51-49-24-12-13-25-54(49)58(55(51)37-53(50)56(52,3)4)47-32-28-41(29-33-47)42-18-14-19-43(34-42)44-20-15-23-48(35-44)57(45-21-10-7-11-22-45)46-30-26-40(27-31-46)39-16-8-6-9-17-39/h5-37H,1H2,2-4H3. The number of nitrogens with zero attached hydrogens (tertiary/aromatic N) is 2. The maximum absolute atomic E-state index is 4.18. The fraction of sp³-hybridized carbons (Fsp3) is 0.0714. The van der Waals surface area contributed by atoms with Gasteiger partial charge in [-0.3, -0.25) is 0 Å². The first-order valence-electron chi connectivity index (χ1n) is 20.1. The van der Waals surface area contributed by atoms with Crippen LogP contribution in [0.1, 0.15) is 31.9 Å². The van der Waals surface area contributed by atoms with E-state index in [1.165, 1.54) is 77.5 Å². The van der Waals surface area contributed by atoms with Crippen molar-refractivity contribution in [2.45, 2.75) is 26.2 Å². The van der Waals surface area contributed by atoms with Crippen molar-refractivity contribution in [3.63, 3.8) is 0 Å². The van der Waals surface area contributed by atoms with Gasteiger partial charge >= 0.3 is 0 Å². The van der Waals surface area contributed by atoms with Gasteiger partial charge < -0.3 is 9.47 Å². The summed E-state index contributed by atoms with van der Waals surface area (Å²) < 4.78 is 2.43. The Morgan fingerprint density at radius 1 is 0.466 bits per heavy atom. The molecule has 58 heavy (non-hydrogen) atoms. The van der Waals surface area contributed by atoms with Crippen LogP contribution in [-0.2, 0) is 5.41 Å². The average molecular weight is 745 g/mol. The lowest BCUT2D eigenvalue weighted by Crippen LogP contribution is -2.16. The monoisotopic (exact) mass is 744 g/mol. The van der Waals surface area contributed by atoms with Gasteiger partial charge in [0.25, 0.3) is 0 Å². The maximum atomic E-state index is 4.18. The van der Waals surface area contributed by atoms with Gasteiger partial charge in [0.2, 0.25) is 0 Å². The molecule has 1 aliphatic rings. The maximum Gasteiger partial charge on any atom is 0.0544 e. The van der Waals surface area contributed by atoms with Gasteiger partial charge in [-0.1, -0.05) is 148 Å². The second-order valence-corrected chi connectivity index (χ2v) is 15.9. The van der Waals surface area contributed by atoms with E-state index in [1.54, 1.807) is 0 Å². The zero-order valence-corrected chi connectivity index (χ0v) is 33.2. The van der Waals surface area contributed by atoms with Gasteiger partial charge in [-0.25, -0.2) is 0 Å². The van der Waals surface area contributed by atoms with Gasteiger partial charge in [0.1, 0.15) is 0 Å². The molecule has 0 atom stereocenters. The molecule has 8 aromatic carbocycles. The topological polar surface area (TPSA) is 8.17 Å². The Balaban J connectivity index is 0.995. The van der Waals surface area contributed by atoms with Crippen LogP contribution in [0.2, 0.25) is 0 Å². The van der Waals surface area contributed by atoms with Crippen LogP contribution in [0.15, 0.2) is 212 Å². The largest absolute Gasteiger partial charge is 0.310 e. The summed E-state index contributed by atoms with van der Waals surface area (Å²) in [6, 6.07) is 70.5. The highest BCUT2D eigenvalue weighted by Gasteiger charge is 2.35. The lowest BCUT2D eigenvalue weighted by molar-refractivity contribution is 0.655. The summed E-state index contributed by atoms with van der Waals surface area (Å²) >= 11 is 0. The third kappa shape index (κ3) is 5.88. The summed E-state index contributed by atoms with van der Waals surface area (Å²) in [5.41, 5.74) is 19.3. The third-order valence-corrected chi connectivity index (χ3v) is 12.2. The second kappa shape index (κ2) is 14.1. The fourth-order valence-electron chi connectivity index (χ4n) is 9.25. The minimum atomic E-state index is -0.0982. The van der Waals surface area contributed by atoms with Crippen molar-refractivity contribution in [2.24, 2.45) is 0 Å². The van der Waals surface area contributed by atoms with E-state index in [9.17, 15) is 0 Å². The summed E-state index contributed by atoms with van der Waals surface area (Å²) in [7, 11) is 0. The Bertz CT molecular complexity index is 3020. The SMILES string of the molecule is C=CC1=C(C)c2cc3c4ccccc4n(-c4ccc(-c5cccc(-c6cccc(N(c7ccccc7)c7ccc(-c8ccccc8)cc7)c6)c5)cc4)c3cc2C1(C)C. The first-order valence-corrected chi connectivity index (χ1v) is 20.1. The third-order valence-electron chi connectivity index (χ3n) is 12.2. The van der Waals surface area contributed by atoms with Crippen LogP contribution in [0.25, 0.3) is 66.4 Å². The minimum absolute atomic E-state index is 0.0982. The molecule has 9 aromatic rings. The fourth-order valence-corrected chi connectivity index (χ4v) is 9.25. The molecule has 0 radical (unpaired) electrons. The van der Waals surface area contributed by atoms with Crippen molar-refractivity contribution < 1.29 is 0 Å². The molecular formula is C56H44N2. The van der Waals surface area contributed by atoms with Gasteiger partial charge in [0.15, 0.2) is 0 Å². The van der Waals surface area contributed by atoms with Gasteiger partial charge in [-0.05, 0) is 135 Å². The molecular weight excluding hydrogens is 701 g/mol. The molecule has 0 spiro atoms. The number of anilines is 3. The number of benzene rings is 8. The van der Waals surface area contributed by atoms with Crippen LogP contribution in [-0.4, -0.2) is 4.57 Å². The minimum Gasteiger partial charge on any atom is -0.310 e. The Hall–Kier alpha value is -7.16. The number of hydrogen-bond donors (Lipinski definition) is 0. The number of fused-ring (bicyclic) bond motifs is 4. The van der Waals surface area contributed by atoms with Crippen LogP contribution < -0.4 is 4.90 Å². The highest BCUT2D eigenvalue weighted by Crippen LogP contribution is 2.49. The van der Waals surface area contributed by atoms with E-state index in [4.69, 9.17) is 0 Å². The molecule has 2 nitrogen and oxygen atoms in total. The van der Waals surface area contributed by atoms with E-state index in [2.05, 4.69) is 231 Å². The van der Waals surface area contributed by atoms with Crippen molar-refractivity contribution >= 4 is 44.4 Å². The van der Waals surface area contributed by atoms with Gasteiger partial charge in [0.05, 0.1) is 11.0 Å². The van der Waals surface area contributed by atoms with E-state index in [0.717, 1.165) is 22.7 Å². The second-order valence-electron chi connectivity index (χ2n) is 15.9. The molecule has 0 saturated heterocycles. The molecule has 1 aliphatic carbocycles. The molecule has 0 amide bonds. The summed E-state index contributed by atoms with van der Waals surface area (Å²) in [5, 5.41) is 2.55. The Kier molecular flexibility index (Phi) is 8.57. The summed E-state index contributed by atoms with van der Waals surface area (Å²) in [5.74, 6) is 0. The lowest BCUT2D eigenvalue weighted by Gasteiger charge is -2.26. The first kappa shape index (κ1) is 35.3. The highest BCUT2D eigenvalue weighted by molar-refractivity contribution is 6.11. The van der Waals surface area contributed by atoms with E-state index < -0.39 is 0 Å². The zero-order valence-electron chi connectivity index (χ0n) is 33.2. The molecule has 278 valence electrons. The summed E-state index contributed by atoms with van der Waals surface area (Å²) in [4.78, 5) is 2.33. The number of hydrogen-bond acceptors (Lipinski definition) is 1. The predicted molar refractivity (Wildman–Crippen MR) is 248 cm³/mol. The van der Waals surface area contributed by atoms with E-state index in [-0.39, 0.29) is 5.41 Å². The number of para-hydroxylation sites is 2. The molecule has 0 saturated carbocycles. The lowest BCUT2D eigenvalue weighted by atomic mass is 9.81. The van der Waals surface area contributed by atoms with Crippen LogP contribution in [0.4, 0.5) is 17.1 Å². The number of rotatable bonds is 8. The Morgan fingerprint density at radius 3 is 1.72 bits per heavy atom. The quantitative estimate of drug-likeness (QED) is 0.150. The van der Waals surface area contributed by atoms with Crippen molar-refractivity contribution in [1.82, 2.24) is 4.57 Å². The first-order chi connectivity index (χ1) is 28.4. The molecule has 1 heterocycles. The van der Waals surface area contributed by atoms with E-state index in [1.807, 2.05) is 6.08 Å². The summed E-state index contributed by atoms with van der Waals surface area (Å²) in [6.07, 6.45) is 2.04. The average Bonchev–Trinajstić information content (AvgIpc) is 3.70. The smallest absolute Gasteiger partial charge is 0.0544 e. The molecule has 0 unspecified atom stereocenters. The molecule has 1 aromatic heterocycles. The van der Waals surface area contributed by atoms with Crippen molar-refractivity contribution in [3.05, 3.63) is 223 Å². The van der Waals surface area contributed by atoms with Crippen molar-refractivity contribution in [3.8, 4) is 39.1 Å².